The Bertz CT molecular complexity index is 1040. The second kappa shape index (κ2) is 8.78. The van der Waals surface area contributed by atoms with Crippen LogP contribution in [0.25, 0.3) is 10.8 Å². The maximum absolute atomic E-state index is 13.0. The van der Waals surface area contributed by atoms with Crippen LogP contribution >= 0.6 is 0 Å². The van der Waals surface area contributed by atoms with Crippen LogP contribution in [0.1, 0.15) is 35.3 Å². The van der Waals surface area contributed by atoms with E-state index in [1.807, 2.05) is 70.2 Å². The highest BCUT2D eigenvalue weighted by molar-refractivity contribution is 6.08. The van der Waals surface area contributed by atoms with Gasteiger partial charge in [-0.05, 0) is 73.9 Å². The van der Waals surface area contributed by atoms with Gasteiger partial charge < -0.3 is 15.4 Å². The number of rotatable bonds is 6. The lowest BCUT2D eigenvalue weighted by Gasteiger charge is -2.15. The molecular formula is C24H26N2O3. The van der Waals surface area contributed by atoms with E-state index in [9.17, 15) is 9.59 Å². The molecule has 3 aromatic carbocycles. The van der Waals surface area contributed by atoms with Crippen LogP contribution in [0.4, 0.5) is 5.69 Å². The molecule has 0 saturated heterocycles. The van der Waals surface area contributed by atoms with Crippen molar-refractivity contribution in [2.45, 2.75) is 33.7 Å². The fourth-order valence-electron chi connectivity index (χ4n) is 3.27. The molecule has 0 unspecified atom stereocenters. The first-order valence-corrected chi connectivity index (χ1v) is 9.66. The SMILES string of the molecule is Cc1cc(C)cc(NC(=O)c2cc3ccccc3cc2OCC(=O)NC(C)C)c1. The second-order valence-corrected chi connectivity index (χ2v) is 7.54. The first-order chi connectivity index (χ1) is 13.8. The minimum absolute atomic E-state index is 0.0232. The lowest BCUT2D eigenvalue weighted by molar-refractivity contribution is -0.123. The smallest absolute Gasteiger partial charge is 0.259 e. The largest absolute Gasteiger partial charge is 0.483 e. The van der Waals surface area contributed by atoms with Gasteiger partial charge in [-0.25, -0.2) is 0 Å². The van der Waals surface area contributed by atoms with Crippen molar-refractivity contribution >= 4 is 28.3 Å². The van der Waals surface area contributed by atoms with Gasteiger partial charge in [0.25, 0.3) is 11.8 Å². The lowest BCUT2D eigenvalue weighted by atomic mass is 10.0. The lowest BCUT2D eigenvalue weighted by Crippen LogP contribution is -2.34. The number of benzene rings is 3. The van der Waals surface area contributed by atoms with E-state index in [0.29, 0.717) is 11.3 Å². The Balaban J connectivity index is 1.91. The zero-order valence-corrected chi connectivity index (χ0v) is 17.2. The molecule has 5 heteroatoms. The van der Waals surface area contributed by atoms with Crippen molar-refractivity contribution in [1.82, 2.24) is 5.32 Å². The zero-order chi connectivity index (χ0) is 21.0. The highest BCUT2D eigenvalue weighted by Crippen LogP contribution is 2.27. The molecular weight excluding hydrogens is 364 g/mol. The summed E-state index contributed by atoms with van der Waals surface area (Å²) in [4.78, 5) is 25.0. The summed E-state index contributed by atoms with van der Waals surface area (Å²) in [5.41, 5.74) is 3.26. The van der Waals surface area contributed by atoms with Gasteiger partial charge in [-0.1, -0.05) is 30.3 Å². The van der Waals surface area contributed by atoms with Gasteiger partial charge in [-0.2, -0.15) is 0 Å². The predicted octanol–water partition coefficient (Wildman–Crippen LogP) is 4.61. The number of carbonyl (C=O) groups is 2. The Morgan fingerprint density at radius 1 is 0.931 bits per heavy atom. The van der Waals surface area contributed by atoms with Gasteiger partial charge in [0.05, 0.1) is 5.56 Å². The highest BCUT2D eigenvalue weighted by atomic mass is 16.5. The average Bonchev–Trinajstić information content (AvgIpc) is 2.64. The van der Waals surface area contributed by atoms with Crippen LogP contribution in [-0.2, 0) is 4.79 Å². The molecule has 0 aliphatic carbocycles. The summed E-state index contributed by atoms with van der Waals surface area (Å²) in [6.45, 7) is 7.59. The quantitative estimate of drug-likeness (QED) is 0.646. The van der Waals surface area contributed by atoms with E-state index in [-0.39, 0.29) is 24.5 Å². The van der Waals surface area contributed by atoms with E-state index in [0.717, 1.165) is 27.6 Å². The van der Waals surface area contributed by atoms with Crippen LogP contribution in [0.5, 0.6) is 5.75 Å². The molecule has 2 N–H and O–H groups in total. The molecule has 2 amide bonds. The standard InChI is InChI=1S/C24H26N2O3/c1-15(2)25-23(27)14-29-22-13-19-8-6-5-7-18(19)12-21(22)24(28)26-20-10-16(3)9-17(4)11-20/h5-13,15H,14H2,1-4H3,(H,25,27)(H,26,28). The van der Waals surface area contributed by atoms with Gasteiger partial charge in [0.2, 0.25) is 0 Å². The summed E-state index contributed by atoms with van der Waals surface area (Å²) in [6, 6.07) is 17.2. The summed E-state index contributed by atoms with van der Waals surface area (Å²) in [5, 5.41) is 7.60. The van der Waals surface area contributed by atoms with Crippen molar-refractivity contribution in [3.05, 3.63) is 71.3 Å². The Morgan fingerprint density at radius 2 is 1.55 bits per heavy atom. The van der Waals surface area contributed by atoms with E-state index in [1.54, 1.807) is 12.1 Å². The second-order valence-electron chi connectivity index (χ2n) is 7.54. The van der Waals surface area contributed by atoms with Gasteiger partial charge in [-0.3, -0.25) is 9.59 Å². The molecule has 3 rings (SSSR count). The molecule has 0 heterocycles. The van der Waals surface area contributed by atoms with Gasteiger partial charge in [0.1, 0.15) is 5.75 Å². The third-order valence-corrected chi connectivity index (χ3v) is 4.38. The molecule has 0 aromatic heterocycles. The molecule has 150 valence electrons. The van der Waals surface area contributed by atoms with E-state index in [4.69, 9.17) is 4.74 Å². The molecule has 0 aliphatic rings. The molecule has 5 nitrogen and oxygen atoms in total. The third kappa shape index (κ3) is 5.35. The van der Waals surface area contributed by atoms with Crippen molar-refractivity contribution in [2.24, 2.45) is 0 Å². The number of amides is 2. The molecule has 29 heavy (non-hydrogen) atoms. The Labute approximate surface area is 171 Å². The first kappa shape index (κ1) is 20.4. The molecule has 0 spiro atoms. The number of carbonyl (C=O) groups excluding carboxylic acids is 2. The zero-order valence-electron chi connectivity index (χ0n) is 17.2. The summed E-state index contributed by atoms with van der Waals surface area (Å²) in [7, 11) is 0. The minimum atomic E-state index is -0.278. The van der Waals surface area contributed by atoms with Crippen LogP contribution in [0.3, 0.4) is 0 Å². The topological polar surface area (TPSA) is 67.4 Å². The fourth-order valence-corrected chi connectivity index (χ4v) is 3.27. The number of hydrogen-bond acceptors (Lipinski definition) is 3. The summed E-state index contributed by atoms with van der Waals surface area (Å²) in [5.74, 6) is -0.127. The van der Waals surface area contributed by atoms with Crippen LogP contribution in [0.2, 0.25) is 0 Å². The van der Waals surface area contributed by atoms with E-state index in [2.05, 4.69) is 10.6 Å². The number of nitrogens with one attached hydrogen (secondary N) is 2. The van der Waals surface area contributed by atoms with Gasteiger partial charge in [0.15, 0.2) is 6.61 Å². The van der Waals surface area contributed by atoms with Gasteiger partial charge in [0, 0.05) is 11.7 Å². The molecule has 0 bridgehead atoms. The molecule has 0 radical (unpaired) electrons. The van der Waals surface area contributed by atoms with Crippen molar-refractivity contribution in [3.63, 3.8) is 0 Å². The number of aryl methyl sites for hydroxylation is 2. The average molecular weight is 390 g/mol. The van der Waals surface area contributed by atoms with Crippen LogP contribution in [0, 0.1) is 13.8 Å². The number of anilines is 1. The number of fused-ring (bicyclic) bond motifs is 1. The molecule has 0 fully saturated rings. The van der Waals surface area contributed by atoms with Crippen LogP contribution in [0.15, 0.2) is 54.6 Å². The maximum Gasteiger partial charge on any atom is 0.259 e. The number of hydrogen-bond donors (Lipinski definition) is 2. The van der Waals surface area contributed by atoms with E-state index < -0.39 is 0 Å². The normalized spacial score (nSPS) is 10.8. The summed E-state index contributed by atoms with van der Waals surface area (Å²) >= 11 is 0. The fraction of sp³-hybridized carbons (Fsp3) is 0.250. The monoisotopic (exact) mass is 390 g/mol. The van der Waals surface area contributed by atoms with Crippen molar-refractivity contribution in [2.75, 3.05) is 11.9 Å². The maximum atomic E-state index is 13.0. The Kier molecular flexibility index (Phi) is 6.17. The molecule has 0 aliphatic heterocycles. The Morgan fingerprint density at radius 3 is 2.17 bits per heavy atom. The molecule has 0 atom stereocenters. The van der Waals surface area contributed by atoms with Crippen molar-refractivity contribution in [3.8, 4) is 5.75 Å². The highest BCUT2D eigenvalue weighted by Gasteiger charge is 2.16. The van der Waals surface area contributed by atoms with E-state index in [1.165, 1.54) is 0 Å². The third-order valence-electron chi connectivity index (χ3n) is 4.38. The van der Waals surface area contributed by atoms with Crippen LogP contribution in [-0.4, -0.2) is 24.5 Å². The predicted molar refractivity (Wildman–Crippen MR) is 117 cm³/mol. The number of ether oxygens (including phenoxy) is 1. The van der Waals surface area contributed by atoms with Crippen molar-refractivity contribution in [1.29, 1.82) is 0 Å². The Hall–Kier alpha value is -3.34. The molecule has 3 aromatic rings. The minimum Gasteiger partial charge on any atom is -0.483 e. The van der Waals surface area contributed by atoms with Gasteiger partial charge >= 0.3 is 0 Å². The van der Waals surface area contributed by atoms with Crippen LogP contribution < -0.4 is 15.4 Å². The summed E-state index contributed by atoms with van der Waals surface area (Å²) in [6.07, 6.45) is 0. The summed E-state index contributed by atoms with van der Waals surface area (Å²) < 4.78 is 5.74. The van der Waals surface area contributed by atoms with Crippen molar-refractivity contribution < 1.29 is 14.3 Å². The first-order valence-electron chi connectivity index (χ1n) is 9.66. The van der Waals surface area contributed by atoms with E-state index >= 15 is 0 Å². The molecule has 0 saturated carbocycles. The van der Waals surface area contributed by atoms with Gasteiger partial charge in [-0.15, -0.1) is 0 Å².